The highest BCUT2D eigenvalue weighted by atomic mass is 32.2. The first kappa shape index (κ1) is 16.1. The van der Waals surface area contributed by atoms with E-state index < -0.39 is 10.0 Å². The Labute approximate surface area is 151 Å². The van der Waals surface area contributed by atoms with Gasteiger partial charge in [-0.05, 0) is 30.5 Å². The third-order valence-electron chi connectivity index (χ3n) is 3.28. The minimum absolute atomic E-state index is 0.244. The standard InChI is InChI=1S/C15H12N4O3S3/c1-10-8-13(18-25(20,21)14-5-3-7-23-14)19(17-10)15-16-11(9-24-15)12-4-2-6-22-12/h2-9,18H,1H3. The summed E-state index contributed by atoms with van der Waals surface area (Å²) in [4.78, 5) is 4.48. The maximum Gasteiger partial charge on any atom is 0.272 e. The molecule has 7 nitrogen and oxygen atoms in total. The highest BCUT2D eigenvalue weighted by Crippen LogP contribution is 2.28. The minimum Gasteiger partial charge on any atom is -0.463 e. The van der Waals surface area contributed by atoms with Crippen LogP contribution >= 0.6 is 22.7 Å². The molecule has 4 heterocycles. The number of anilines is 1. The lowest BCUT2D eigenvalue weighted by atomic mass is 10.4. The molecule has 0 fully saturated rings. The second kappa shape index (κ2) is 6.14. The van der Waals surface area contributed by atoms with Crippen molar-refractivity contribution in [1.29, 1.82) is 0 Å². The van der Waals surface area contributed by atoms with Crippen LogP contribution in [0.25, 0.3) is 16.6 Å². The molecule has 0 aromatic carbocycles. The Morgan fingerprint density at radius 3 is 2.84 bits per heavy atom. The van der Waals surface area contributed by atoms with Gasteiger partial charge in [0, 0.05) is 11.4 Å². The fourth-order valence-electron chi connectivity index (χ4n) is 2.22. The fourth-order valence-corrected chi connectivity index (χ4v) is 5.02. The summed E-state index contributed by atoms with van der Waals surface area (Å²) in [6.45, 7) is 1.79. The predicted octanol–water partition coefficient (Wildman–Crippen LogP) is 3.76. The molecule has 0 radical (unpaired) electrons. The van der Waals surface area contributed by atoms with Crippen molar-refractivity contribution >= 4 is 38.5 Å². The lowest BCUT2D eigenvalue weighted by molar-refractivity contribution is 0.580. The lowest BCUT2D eigenvalue weighted by Gasteiger charge is -2.07. The zero-order chi connectivity index (χ0) is 17.4. The van der Waals surface area contributed by atoms with Crippen LogP contribution in [-0.4, -0.2) is 23.2 Å². The molecule has 128 valence electrons. The topological polar surface area (TPSA) is 90.0 Å². The van der Waals surface area contributed by atoms with Crippen LogP contribution in [0.5, 0.6) is 0 Å². The number of thiazole rings is 1. The molecule has 0 saturated heterocycles. The van der Waals surface area contributed by atoms with Gasteiger partial charge in [0.2, 0.25) is 5.13 Å². The second-order valence-corrected chi connectivity index (χ2v) is 8.81. The van der Waals surface area contributed by atoms with Crippen molar-refractivity contribution in [3.8, 4) is 16.6 Å². The molecule has 0 unspecified atom stereocenters. The number of hydrogen-bond donors (Lipinski definition) is 1. The minimum atomic E-state index is -3.66. The number of sulfonamides is 1. The van der Waals surface area contributed by atoms with Crippen LogP contribution in [0.4, 0.5) is 5.82 Å². The molecule has 25 heavy (non-hydrogen) atoms. The van der Waals surface area contributed by atoms with Gasteiger partial charge in [0.15, 0.2) is 5.76 Å². The molecule has 0 aliphatic heterocycles. The molecule has 0 atom stereocenters. The third-order valence-corrected chi connectivity index (χ3v) is 6.85. The van der Waals surface area contributed by atoms with E-state index in [1.54, 1.807) is 42.8 Å². The maximum absolute atomic E-state index is 12.5. The van der Waals surface area contributed by atoms with Crippen LogP contribution < -0.4 is 4.72 Å². The number of aromatic nitrogens is 3. The van der Waals surface area contributed by atoms with E-state index in [1.165, 1.54) is 16.0 Å². The maximum atomic E-state index is 12.5. The summed E-state index contributed by atoms with van der Waals surface area (Å²) in [7, 11) is -3.66. The zero-order valence-electron chi connectivity index (χ0n) is 12.9. The Balaban J connectivity index is 1.70. The van der Waals surface area contributed by atoms with Gasteiger partial charge in [-0.1, -0.05) is 6.07 Å². The molecule has 4 aromatic rings. The summed E-state index contributed by atoms with van der Waals surface area (Å²) in [6.07, 6.45) is 1.58. The molecule has 10 heteroatoms. The van der Waals surface area contributed by atoms with Crippen molar-refractivity contribution in [1.82, 2.24) is 14.8 Å². The monoisotopic (exact) mass is 392 g/mol. The molecule has 0 aliphatic carbocycles. The Kier molecular flexibility index (Phi) is 3.94. The highest BCUT2D eigenvalue weighted by molar-refractivity contribution is 7.94. The summed E-state index contributed by atoms with van der Waals surface area (Å²) in [5.41, 5.74) is 1.35. The molecule has 4 aromatic heterocycles. The van der Waals surface area contributed by atoms with E-state index in [0.29, 0.717) is 28.1 Å². The molecule has 0 spiro atoms. The first-order valence-corrected chi connectivity index (χ1v) is 10.4. The van der Waals surface area contributed by atoms with Crippen LogP contribution in [-0.2, 0) is 10.0 Å². The van der Waals surface area contributed by atoms with Crippen molar-refractivity contribution in [2.24, 2.45) is 0 Å². The van der Waals surface area contributed by atoms with Gasteiger partial charge in [-0.25, -0.2) is 13.4 Å². The van der Waals surface area contributed by atoms with Crippen molar-refractivity contribution in [3.05, 3.63) is 53.0 Å². The van der Waals surface area contributed by atoms with Gasteiger partial charge >= 0.3 is 0 Å². The van der Waals surface area contributed by atoms with E-state index in [0.717, 1.165) is 11.3 Å². The van der Waals surface area contributed by atoms with E-state index in [2.05, 4.69) is 14.8 Å². The van der Waals surface area contributed by atoms with E-state index in [4.69, 9.17) is 4.42 Å². The molecular formula is C15H12N4O3S3. The normalized spacial score (nSPS) is 11.7. The molecule has 4 rings (SSSR count). The smallest absolute Gasteiger partial charge is 0.272 e. The Morgan fingerprint density at radius 2 is 2.12 bits per heavy atom. The quantitative estimate of drug-likeness (QED) is 0.558. The Morgan fingerprint density at radius 1 is 1.24 bits per heavy atom. The third kappa shape index (κ3) is 3.11. The van der Waals surface area contributed by atoms with Crippen molar-refractivity contribution in [2.45, 2.75) is 11.1 Å². The van der Waals surface area contributed by atoms with Crippen LogP contribution in [0.2, 0.25) is 0 Å². The van der Waals surface area contributed by atoms with Crippen molar-refractivity contribution in [2.75, 3.05) is 4.72 Å². The zero-order valence-corrected chi connectivity index (χ0v) is 15.4. The average Bonchev–Trinajstić information content (AvgIpc) is 3.35. The summed E-state index contributed by atoms with van der Waals surface area (Å²) in [5, 5.41) is 8.45. The van der Waals surface area contributed by atoms with Crippen LogP contribution in [0.3, 0.4) is 0 Å². The number of hydrogen-bond acceptors (Lipinski definition) is 7. The van der Waals surface area contributed by atoms with Gasteiger partial charge in [-0.15, -0.1) is 22.7 Å². The van der Waals surface area contributed by atoms with Crippen molar-refractivity contribution < 1.29 is 12.8 Å². The van der Waals surface area contributed by atoms with E-state index in [9.17, 15) is 8.42 Å². The summed E-state index contributed by atoms with van der Waals surface area (Å²) >= 11 is 2.50. The first-order chi connectivity index (χ1) is 12.0. The predicted molar refractivity (Wildman–Crippen MR) is 96.8 cm³/mol. The number of thiophene rings is 1. The van der Waals surface area contributed by atoms with Gasteiger partial charge < -0.3 is 4.42 Å². The molecular weight excluding hydrogens is 380 g/mol. The molecule has 0 saturated carbocycles. The Bertz CT molecular complexity index is 1090. The number of nitrogens with zero attached hydrogens (tertiary/aromatic N) is 3. The SMILES string of the molecule is Cc1cc(NS(=O)(=O)c2cccs2)n(-c2nc(-c3ccco3)cs2)n1. The molecule has 1 N–H and O–H groups in total. The first-order valence-electron chi connectivity index (χ1n) is 7.16. The summed E-state index contributed by atoms with van der Waals surface area (Å²) in [6, 6.07) is 8.51. The largest absolute Gasteiger partial charge is 0.463 e. The van der Waals surface area contributed by atoms with E-state index in [-0.39, 0.29) is 4.21 Å². The van der Waals surface area contributed by atoms with Crippen molar-refractivity contribution in [3.63, 3.8) is 0 Å². The van der Waals surface area contributed by atoms with Crippen LogP contribution in [0.1, 0.15) is 5.69 Å². The van der Waals surface area contributed by atoms with Crippen LogP contribution in [0.15, 0.2) is 56.0 Å². The number of nitrogens with one attached hydrogen (secondary N) is 1. The summed E-state index contributed by atoms with van der Waals surface area (Å²) in [5.74, 6) is 0.985. The number of rotatable bonds is 5. The highest BCUT2D eigenvalue weighted by Gasteiger charge is 2.20. The van der Waals surface area contributed by atoms with Crippen LogP contribution in [0, 0.1) is 6.92 Å². The van der Waals surface area contributed by atoms with Gasteiger partial charge in [0.1, 0.15) is 15.7 Å². The Hall–Kier alpha value is -2.43. The number of furan rings is 1. The molecule has 0 aliphatic rings. The van der Waals surface area contributed by atoms with Gasteiger partial charge in [-0.2, -0.15) is 9.78 Å². The van der Waals surface area contributed by atoms with Gasteiger partial charge in [0.25, 0.3) is 10.0 Å². The lowest BCUT2D eigenvalue weighted by Crippen LogP contribution is -2.14. The summed E-state index contributed by atoms with van der Waals surface area (Å²) < 4.78 is 34.6. The van der Waals surface area contributed by atoms with E-state index in [1.807, 2.05) is 11.4 Å². The fraction of sp³-hybridized carbons (Fsp3) is 0.0667. The number of aryl methyl sites for hydroxylation is 1. The van der Waals surface area contributed by atoms with Gasteiger partial charge in [-0.3, -0.25) is 4.72 Å². The van der Waals surface area contributed by atoms with Gasteiger partial charge in [0.05, 0.1) is 12.0 Å². The van der Waals surface area contributed by atoms with E-state index >= 15 is 0 Å². The second-order valence-electron chi connectivity index (χ2n) is 5.11. The molecule has 0 bridgehead atoms. The average molecular weight is 392 g/mol. The molecule has 0 amide bonds.